The average molecular weight is 1010 g/mol. The lowest BCUT2D eigenvalue weighted by atomic mass is 9.89. The SMILES string of the molecule is CC1(C)C[C@@H](Nc2cccc(-c3sc(C(=O)O)c(OCC(=O)O)c3Cl)c2)CCN1S(=O)(=O)Cc1cccc(NC(=O)N2CCCN(c3ccc4c5c(cccc35)C(=O)N4C3CCC(=O)NC3=O)CC2)c1. The zero-order valence-electron chi connectivity index (χ0n) is 38.2. The van der Waals surface area contributed by atoms with Gasteiger partial charge in [-0.15, -0.1) is 11.3 Å². The van der Waals surface area contributed by atoms with E-state index in [0.717, 1.165) is 27.8 Å². The molecule has 5 N–H and O–H groups in total. The number of carbonyl (C=O) groups excluding carboxylic acids is 4. The Kier molecular flexibility index (Phi) is 13.3. The van der Waals surface area contributed by atoms with Crippen LogP contribution in [0.15, 0.2) is 78.9 Å². The highest BCUT2D eigenvalue weighted by Gasteiger charge is 2.43. The zero-order valence-corrected chi connectivity index (χ0v) is 40.6. The fourth-order valence-electron chi connectivity index (χ4n) is 10.1. The molecular weight excluding hydrogens is 962 g/mol. The molecule has 3 fully saturated rings. The highest BCUT2D eigenvalue weighted by atomic mass is 35.5. The first-order chi connectivity index (χ1) is 33.4. The molecule has 9 rings (SSSR count). The van der Waals surface area contributed by atoms with Crippen LogP contribution in [-0.2, 0) is 30.2 Å². The van der Waals surface area contributed by atoms with Crippen molar-refractivity contribution in [2.45, 2.75) is 69.3 Å². The summed E-state index contributed by atoms with van der Waals surface area (Å²) in [5.74, 6) is -4.17. The van der Waals surface area contributed by atoms with Crippen LogP contribution in [0.1, 0.15) is 71.5 Å². The number of amides is 5. The summed E-state index contributed by atoms with van der Waals surface area (Å²) < 4.78 is 35.0. The molecule has 4 aliphatic heterocycles. The van der Waals surface area contributed by atoms with Crippen molar-refractivity contribution in [3.8, 4) is 16.2 Å². The molecule has 5 aromatic rings. The highest BCUT2D eigenvalue weighted by molar-refractivity contribution is 7.88. The van der Waals surface area contributed by atoms with Gasteiger partial charge < -0.3 is 35.4 Å². The number of carboxylic acids is 2. The van der Waals surface area contributed by atoms with Crippen molar-refractivity contribution >= 4 is 102 Å². The van der Waals surface area contributed by atoms with Crippen molar-refractivity contribution in [1.29, 1.82) is 0 Å². The summed E-state index contributed by atoms with van der Waals surface area (Å²) in [5.41, 5.74) is 3.55. The van der Waals surface area contributed by atoms with Gasteiger partial charge in [0.15, 0.2) is 17.2 Å². The molecule has 1 unspecified atom stereocenters. The summed E-state index contributed by atoms with van der Waals surface area (Å²) in [5, 5.41) is 29.2. The predicted molar refractivity (Wildman–Crippen MR) is 266 cm³/mol. The Bertz CT molecular complexity index is 3090. The van der Waals surface area contributed by atoms with Gasteiger partial charge in [-0.2, -0.15) is 4.31 Å². The number of thiophene rings is 1. The molecule has 18 nitrogen and oxygen atoms in total. The number of anilines is 4. The second-order valence-electron chi connectivity index (χ2n) is 18.4. The minimum absolute atomic E-state index is 0.00454. The Balaban J connectivity index is 0.813. The Morgan fingerprint density at radius 2 is 1.66 bits per heavy atom. The fraction of sp³-hybridized carbons (Fsp3) is 0.347. The van der Waals surface area contributed by atoms with Gasteiger partial charge in [0.2, 0.25) is 21.8 Å². The summed E-state index contributed by atoms with van der Waals surface area (Å²) in [6, 6.07) is 22.2. The predicted octanol–water partition coefficient (Wildman–Crippen LogP) is 7.08. The van der Waals surface area contributed by atoms with E-state index in [1.54, 1.807) is 53.4 Å². The number of halogens is 1. The average Bonchev–Trinajstić information content (AvgIpc) is 3.65. The molecule has 1 aromatic heterocycles. The van der Waals surface area contributed by atoms with Gasteiger partial charge in [0.1, 0.15) is 11.1 Å². The molecule has 3 saturated heterocycles. The number of aliphatic carboxylic acids is 1. The lowest BCUT2D eigenvalue weighted by Crippen LogP contribution is -2.55. The summed E-state index contributed by atoms with van der Waals surface area (Å²) in [6.07, 6.45) is 2.03. The highest BCUT2D eigenvalue weighted by Crippen LogP contribution is 2.47. The molecule has 0 bridgehead atoms. The maximum Gasteiger partial charge on any atom is 0.349 e. The molecule has 366 valence electrons. The van der Waals surface area contributed by atoms with E-state index in [2.05, 4.69) is 20.9 Å². The smallest absolute Gasteiger partial charge is 0.349 e. The molecule has 0 spiro atoms. The summed E-state index contributed by atoms with van der Waals surface area (Å²) >= 11 is 7.41. The van der Waals surface area contributed by atoms with Crippen LogP contribution in [0.4, 0.5) is 27.5 Å². The Hall–Kier alpha value is -6.74. The first-order valence-corrected chi connectivity index (χ1v) is 25.6. The van der Waals surface area contributed by atoms with Crippen LogP contribution in [0.3, 0.4) is 0 Å². The fourth-order valence-corrected chi connectivity index (χ4v) is 13.5. The van der Waals surface area contributed by atoms with E-state index < -0.39 is 46.1 Å². The summed E-state index contributed by atoms with van der Waals surface area (Å²) in [4.78, 5) is 80.8. The summed E-state index contributed by atoms with van der Waals surface area (Å²) in [6.45, 7) is 5.30. The van der Waals surface area contributed by atoms with Crippen LogP contribution < -0.4 is 30.5 Å². The zero-order chi connectivity index (χ0) is 49.6. The maximum absolute atomic E-state index is 14.1. The Morgan fingerprint density at radius 1 is 0.900 bits per heavy atom. The van der Waals surface area contributed by atoms with Crippen LogP contribution in [0.25, 0.3) is 21.2 Å². The second-order valence-corrected chi connectivity index (χ2v) is 21.7. The minimum Gasteiger partial charge on any atom is -0.479 e. The van der Waals surface area contributed by atoms with E-state index in [0.29, 0.717) is 84.1 Å². The van der Waals surface area contributed by atoms with E-state index in [1.807, 2.05) is 44.2 Å². The van der Waals surface area contributed by atoms with E-state index in [4.69, 9.17) is 21.4 Å². The van der Waals surface area contributed by atoms with Gasteiger partial charge in [-0.05, 0) is 93.1 Å². The molecule has 0 aliphatic carbocycles. The number of benzene rings is 4. The maximum atomic E-state index is 14.1. The lowest BCUT2D eigenvalue weighted by Gasteiger charge is -2.45. The van der Waals surface area contributed by atoms with Crippen molar-refractivity contribution in [3.05, 3.63) is 99.9 Å². The second kappa shape index (κ2) is 19.2. The number of carbonyl (C=O) groups is 6. The van der Waals surface area contributed by atoms with Crippen molar-refractivity contribution in [2.75, 3.05) is 59.8 Å². The van der Waals surface area contributed by atoms with Crippen LogP contribution >= 0.6 is 22.9 Å². The molecule has 5 amide bonds. The number of imide groups is 1. The van der Waals surface area contributed by atoms with Crippen molar-refractivity contribution < 1.29 is 52.1 Å². The van der Waals surface area contributed by atoms with Crippen molar-refractivity contribution in [3.63, 3.8) is 0 Å². The third-order valence-electron chi connectivity index (χ3n) is 13.2. The quantitative estimate of drug-likeness (QED) is 0.0743. The Morgan fingerprint density at radius 3 is 2.41 bits per heavy atom. The standard InChI is InChI=1S/C49H50ClN7O11S2/c1-49(2)25-32(51-31-10-4-8-29(24-31)43-41(50)42(68-26-39(59)60)44(69-43)47(63)64)17-20-56(49)70(66,67)27-28-7-3-9-30(23-28)52-48(65)55-19-6-18-54(21-22-55)35-13-14-36-40-33(35)11-5-12-34(40)46(62)57(36)37-15-16-38(58)53-45(37)61/h3-5,7-14,23-24,32,37,51H,6,15-22,25-27H2,1-2H3,(H,52,65)(H,59,60)(H,63,64)(H,53,58,61)/t32-,37?/m0/s1. The van der Waals surface area contributed by atoms with E-state index in [9.17, 15) is 42.3 Å². The topological polar surface area (TPSA) is 235 Å². The number of nitrogens with one attached hydrogen (secondary N) is 3. The summed E-state index contributed by atoms with van der Waals surface area (Å²) in [7, 11) is -3.83. The Labute approximate surface area is 412 Å². The first kappa shape index (κ1) is 48.3. The molecule has 5 heterocycles. The molecule has 4 aliphatic rings. The third kappa shape index (κ3) is 9.60. The van der Waals surface area contributed by atoms with Crippen molar-refractivity contribution in [2.24, 2.45) is 0 Å². The number of hydrogen-bond acceptors (Lipinski definition) is 12. The number of aromatic carboxylic acids is 1. The number of rotatable bonds is 13. The number of ether oxygens (including phenoxy) is 1. The van der Waals surface area contributed by atoms with Crippen LogP contribution in [-0.4, -0.2) is 120 Å². The number of carboxylic acid groups (broad SMARTS) is 2. The van der Waals surface area contributed by atoms with E-state index in [-0.39, 0.29) is 64.7 Å². The van der Waals surface area contributed by atoms with Gasteiger partial charge in [-0.1, -0.05) is 48.0 Å². The van der Waals surface area contributed by atoms with Gasteiger partial charge in [-0.25, -0.2) is 22.8 Å². The largest absolute Gasteiger partial charge is 0.479 e. The number of hydrogen-bond donors (Lipinski definition) is 5. The monoisotopic (exact) mass is 1010 g/mol. The normalized spacial score (nSPS) is 19.5. The number of sulfonamides is 1. The van der Waals surface area contributed by atoms with E-state index >= 15 is 0 Å². The van der Waals surface area contributed by atoms with E-state index in [1.165, 1.54) is 9.21 Å². The third-order valence-corrected chi connectivity index (χ3v) is 16.9. The molecule has 4 aromatic carbocycles. The van der Waals surface area contributed by atoms with Crippen LogP contribution in [0, 0.1) is 0 Å². The lowest BCUT2D eigenvalue weighted by molar-refractivity contribution is -0.139. The van der Waals surface area contributed by atoms with Gasteiger partial charge in [0, 0.05) is 84.1 Å². The van der Waals surface area contributed by atoms with Gasteiger partial charge in [0.05, 0.1) is 16.3 Å². The first-order valence-electron chi connectivity index (χ1n) is 22.8. The number of urea groups is 1. The minimum atomic E-state index is -3.83. The van der Waals surface area contributed by atoms with Gasteiger partial charge >= 0.3 is 18.0 Å². The van der Waals surface area contributed by atoms with Gasteiger partial charge in [-0.3, -0.25) is 24.6 Å². The van der Waals surface area contributed by atoms with Gasteiger partial charge in [0.25, 0.3) is 5.91 Å². The molecule has 70 heavy (non-hydrogen) atoms. The molecule has 2 atom stereocenters. The molecule has 0 saturated carbocycles. The van der Waals surface area contributed by atoms with Crippen LogP contribution in [0.5, 0.6) is 5.75 Å². The molecular formula is C49H50ClN7O11S2. The number of piperidine rings is 2. The van der Waals surface area contributed by atoms with Crippen LogP contribution in [0.2, 0.25) is 5.02 Å². The van der Waals surface area contributed by atoms with Crippen molar-refractivity contribution in [1.82, 2.24) is 14.5 Å². The molecule has 21 heteroatoms. The number of nitrogens with zero attached hydrogens (tertiary/aromatic N) is 4. The molecule has 0 radical (unpaired) electrons.